The molecule has 3 aromatic carbocycles. The van der Waals surface area contributed by atoms with Crippen LogP contribution < -0.4 is 9.47 Å². The molecule has 0 amide bonds. The summed E-state index contributed by atoms with van der Waals surface area (Å²) in [5, 5.41) is 14.7. The van der Waals surface area contributed by atoms with E-state index in [4.69, 9.17) is 44.3 Å². The summed E-state index contributed by atoms with van der Waals surface area (Å²) in [4.78, 5) is 24.4. The van der Waals surface area contributed by atoms with Gasteiger partial charge in [-0.3, -0.25) is 9.59 Å². The second-order valence-electron chi connectivity index (χ2n) is 8.45. The molecule has 10 heteroatoms. The van der Waals surface area contributed by atoms with Crippen LogP contribution in [0.3, 0.4) is 0 Å². The van der Waals surface area contributed by atoms with Gasteiger partial charge in [0.05, 0.1) is 29.4 Å². The number of hydrogen-bond donors (Lipinski definition) is 1. The summed E-state index contributed by atoms with van der Waals surface area (Å²) in [5.41, 5.74) is 2.48. The van der Waals surface area contributed by atoms with Crippen molar-refractivity contribution in [3.63, 3.8) is 0 Å². The van der Waals surface area contributed by atoms with E-state index in [0.29, 0.717) is 28.3 Å². The molecule has 0 aliphatic carbocycles. The van der Waals surface area contributed by atoms with Gasteiger partial charge in [-0.2, -0.15) is 5.10 Å². The molecule has 1 atom stereocenters. The fourth-order valence-electron chi connectivity index (χ4n) is 4.12. The fourth-order valence-corrected chi connectivity index (χ4v) is 4.91. The van der Waals surface area contributed by atoms with Crippen LogP contribution in [0.15, 0.2) is 67.0 Å². The maximum absolute atomic E-state index is 12.8. The van der Waals surface area contributed by atoms with E-state index >= 15 is 0 Å². The van der Waals surface area contributed by atoms with E-state index in [1.165, 1.54) is 6.07 Å². The van der Waals surface area contributed by atoms with Crippen molar-refractivity contribution < 1.29 is 24.2 Å². The number of Topliss-reactive ketones (excluding diaryl/α,β-unsaturated/α-hetero) is 1. The number of rotatable bonds is 7. The summed E-state index contributed by atoms with van der Waals surface area (Å²) in [6, 6.07) is 15.4. The highest BCUT2D eigenvalue weighted by atomic mass is 35.5. The molecule has 0 bridgehead atoms. The Balaban J connectivity index is 1.30. The molecule has 0 saturated heterocycles. The summed E-state index contributed by atoms with van der Waals surface area (Å²) in [7, 11) is 0. The first-order chi connectivity index (χ1) is 17.8. The van der Waals surface area contributed by atoms with Crippen molar-refractivity contribution in [3.8, 4) is 22.9 Å². The van der Waals surface area contributed by atoms with Crippen molar-refractivity contribution >= 4 is 46.6 Å². The van der Waals surface area contributed by atoms with E-state index in [0.717, 1.165) is 11.3 Å². The standard InChI is InChI=1S/C27H19Cl3N2O5/c28-17-2-1-3-18(11-17)32-14-15(13-31-32)10-23(33)16-4-6-19(7-5-16)37-26-22(29)12-21-20(27(34)35)8-9-36-25(21)24(26)30/h1-7,11-14,20H,8-10H2,(H,34,35). The molecule has 1 unspecified atom stereocenters. The Hall–Kier alpha value is -3.52. The van der Waals surface area contributed by atoms with Crippen molar-refractivity contribution in [2.45, 2.75) is 18.8 Å². The first-order valence-corrected chi connectivity index (χ1v) is 12.4. The average Bonchev–Trinajstić information content (AvgIpc) is 3.35. The van der Waals surface area contributed by atoms with Crippen LogP contribution in [-0.4, -0.2) is 33.2 Å². The number of hydrogen-bond acceptors (Lipinski definition) is 5. The van der Waals surface area contributed by atoms with Crippen molar-refractivity contribution in [3.05, 3.63) is 98.7 Å². The first kappa shape index (κ1) is 25.1. The molecule has 0 saturated carbocycles. The number of ether oxygens (including phenoxy) is 2. The maximum atomic E-state index is 12.8. The molecule has 0 radical (unpaired) electrons. The SMILES string of the molecule is O=C(Cc1cnn(-c2cccc(Cl)c2)c1)c1ccc(Oc2c(Cl)cc3c(c2Cl)OCCC3C(=O)O)cc1. The highest BCUT2D eigenvalue weighted by Crippen LogP contribution is 2.48. The minimum absolute atomic E-state index is 0.0878. The zero-order valence-corrected chi connectivity index (χ0v) is 21.4. The van der Waals surface area contributed by atoms with Crippen molar-refractivity contribution in [2.75, 3.05) is 6.61 Å². The number of aromatic nitrogens is 2. The van der Waals surface area contributed by atoms with E-state index in [-0.39, 0.29) is 40.4 Å². The first-order valence-electron chi connectivity index (χ1n) is 11.3. The Morgan fingerprint density at radius 2 is 1.89 bits per heavy atom. The smallest absolute Gasteiger partial charge is 0.311 e. The number of fused-ring (bicyclic) bond motifs is 1. The van der Waals surface area contributed by atoms with Crippen LogP contribution >= 0.6 is 34.8 Å². The highest BCUT2D eigenvalue weighted by Gasteiger charge is 2.32. The molecule has 5 rings (SSSR count). The Morgan fingerprint density at radius 1 is 1.11 bits per heavy atom. The maximum Gasteiger partial charge on any atom is 0.311 e. The van der Waals surface area contributed by atoms with Gasteiger partial charge in [0, 0.05) is 28.8 Å². The van der Waals surface area contributed by atoms with Crippen LogP contribution in [0, 0.1) is 0 Å². The molecule has 37 heavy (non-hydrogen) atoms. The molecular formula is C27H19Cl3N2O5. The third-order valence-electron chi connectivity index (χ3n) is 5.96. The van der Waals surface area contributed by atoms with Crippen LogP contribution in [0.5, 0.6) is 17.2 Å². The Labute approximate surface area is 227 Å². The lowest BCUT2D eigenvalue weighted by atomic mass is 9.93. The average molecular weight is 558 g/mol. The molecule has 7 nitrogen and oxygen atoms in total. The van der Waals surface area contributed by atoms with Gasteiger partial charge in [-0.25, -0.2) is 4.68 Å². The van der Waals surface area contributed by atoms with Crippen LogP contribution in [0.25, 0.3) is 5.69 Å². The number of aliphatic carboxylic acids is 1. The molecule has 2 heterocycles. The van der Waals surface area contributed by atoms with Crippen LogP contribution in [0.1, 0.15) is 33.8 Å². The van der Waals surface area contributed by atoms with Gasteiger partial charge in [0.25, 0.3) is 0 Å². The van der Waals surface area contributed by atoms with E-state index in [9.17, 15) is 14.7 Å². The topological polar surface area (TPSA) is 90.7 Å². The third-order valence-corrected chi connectivity index (χ3v) is 6.82. The lowest BCUT2D eigenvalue weighted by Gasteiger charge is -2.25. The zero-order chi connectivity index (χ0) is 26.1. The van der Waals surface area contributed by atoms with Crippen molar-refractivity contribution in [1.29, 1.82) is 0 Å². The molecule has 4 aromatic rings. The van der Waals surface area contributed by atoms with E-state index in [1.807, 2.05) is 12.1 Å². The fraction of sp³-hybridized carbons (Fsp3) is 0.148. The second-order valence-corrected chi connectivity index (χ2v) is 9.67. The van der Waals surface area contributed by atoms with E-state index < -0.39 is 11.9 Å². The van der Waals surface area contributed by atoms with Crippen LogP contribution in [0.2, 0.25) is 15.1 Å². The number of carboxylic acids is 1. The quantitative estimate of drug-likeness (QED) is 0.246. The number of nitrogens with zero attached hydrogens (tertiary/aromatic N) is 2. The largest absolute Gasteiger partial charge is 0.492 e. The summed E-state index contributed by atoms with van der Waals surface area (Å²) >= 11 is 18.9. The number of ketones is 1. The number of carbonyl (C=O) groups is 2. The van der Waals surface area contributed by atoms with Crippen LogP contribution in [0.4, 0.5) is 0 Å². The highest BCUT2D eigenvalue weighted by molar-refractivity contribution is 6.38. The van der Waals surface area contributed by atoms with Crippen LogP contribution in [-0.2, 0) is 11.2 Å². The number of carboxylic acid groups (broad SMARTS) is 1. The summed E-state index contributed by atoms with van der Waals surface area (Å²) in [5.74, 6) is -1.00. The van der Waals surface area contributed by atoms with Gasteiger partial charge in [0.1, 0.15) is 16.5 Å². The lowest BCUT2D eigenvalue weighted by molar-refractivity contribution is -0.139. The van der Waals surface area contributed by atoms with Gasteiger partial charge in [-0.05, 0) is 60.5 Å². The summed E-state index contributed by atoms with van der Waals surface area (Å²) < 4.78 is 13.2. The normalized spacial score (nSPS) is 14.5. The second kappa shape index (κ2) is 10.5. The van der Waals surface area contributed by atoms with Gasteiger partial charge in [0.2, 0.25) is 0 Å². The van der Waals surface area contributed by atoms with E-state index in [2.05, 4.69) is 5.10 Å². The molecule has 1 aliphatic rings. The van der Waals surface area contributed by atoms with Gasteiger partial charge in [-0.15, -0.1) is 0 Å². The van der Waals surface area contributed by atoms with Gasteiger partial charge < -0.3 is 14.6 Å². The van der Waals surface area contributed by atoms with Gasteiger partial charge in [0.15, 0.2) is 11.5 Å². The summed E-state index contributed by atoms with van der Waals surface area (Å²) in [6.07, 6.45) is 3.93. The predicted octanol–water partition coefficient (Wildman–Crippen LogP) is 7.00. The molecule has 0 fully saturated rings. The van der Waals surface area contributed by atoms with Gasteiger partial charge in [-0.1, -0.05) is 40.9 Å². The molecule has 1 N–H and O–H groups in total. The van der Waals surface area contributed by atoms with E-state index in [1.54, 1.807) is 53.5 Å². The summed E-state index contributed by atoms with van der Waals surface area (Å²) in [6.45, 7) is 0.222. The number of halogens is 3. The zero-order valence-electron chi connectivity index (χ0n) is 19.2. The molecule has 188 valence electrons. The molecule has 1 aromatic heterocycles. The lowest BCUT2D eigenvalue weighted by Crippen LogP contribution is -2.21. The van der Waals surface area contributed by atoms with Crippen molar-refractivity contribution in [1.82, 2.24) is 9.78 Å². The number of carbonyl (C=O) groups excluding carboxylic acids is 1. The van der Waals surface area contributed by atoms with Crippen molar-refractivity contribution in [2.24, 2.45) is 0 Å². The molecular weight excluding hydrogens is 539 g/mol. The Kier molecular flexibility index (Phi) is 7.11. The molecule has 1 aliphatic heterocycles. The monoisotopic (exact) mass is 556 g/mol. The Morgan fingerprint density at radius 3 is 2.62 bits per heavy atom. The predicted molar refractivity (Wildman–Crippen MR) is 140 cm³/mol. The Bertz CT molecular complexity index is 1500. The van der Waals surface area contributed by atoms with Gasteiger partial charge >= 0.3 is 5.97 Å². The third kappa shape index (κ3) is 5.30. The number of benzene rings is 3. The minimum atomic E-state index is -0.970. The minimum Gasteiger partial charge on any atom is -0.492 e. The molecule has 0 spiro atoms.